The standard InChI is InChI=1S/C17H17N3O2/c1-8-21-14-4-2-12(10-15(14)22-9-1)11-19-16-5-3-13-6-7-18-17(13)20-16/h2-7,10H,1,8-9,11H2,(H2,18,19,20). The molecule has 0 atom stereocenters. The van der Waals surface area contributed by atoms with Gasteiger partial charge in [0, 0.05) is 24.5 Å². The number of nitrogens with one attached hydrogen (secondary N) is 2. The first-order valence-corrected chi connectivity index (χ1v) is 7.45. The van der Waals surface area contributed by atoms with Crippen molar-refractivity contribution in [1.29, 1.82) is 0 Å². The molecule has 1 aliphatic rings. The van der Waals surface area contributed by atoms with Gasteiger partial charge in [0.05, 0.1) is 13.2 Å². The second-order valence-corrected chi connectivity index (χ2v) is 5.30. The Hall–Kier alpha value is -2.69. The van der Waals surface area contributed by atoms with Gasteiger partial charge >= 0.3 is 0 Å². The van der Waals surface area contributed by atoms with E-state index in [0.717, 1.165) is 40.3 Å². The van der Waals surface area contributed by atoms with E-state index < -0.39 is 0 Å². The van der Waals surface area contributed by atoms with E-state index in [0.29, 0.717) is 19.8 Å². The summed E-state index contributed by atoms with van der Waals surface area (Å²) in [4.78, 5) is 7.65. The molecule has 2 aromatic heterocycles. The van der Waals surface area contributed by atoms with E-state index in [1.807, 2.05) is 36.5 Å². The van der Waals surface area contributed by atoms with Crippen LogP contribution in [0.15, 0.2) is 42.6 Å². The largest absolute Gasteiger partial charge is 0.490 e. The lowest BCUT2D eigenvalue weighted by atomic mass is 10.2. The predicted molar refractivity (Wildman–Crippen MR) is 85.5 cm³/mol. The number of nitrogens with zero attached hydrogens (tertiary/aromatic N) is 1. The Labute approximate surface area is 128 Å². The summed E-state index contributed by atoms with van der Waals surface area (Å²) < 4.78 is 11.4. The SMILES string of the molecule is c1cc2ccc(NCc3ccc4c(c3)OCCCO4)nc2[nH]1. The highest BCUT2D eigenvalue weighted by Gasteiger charge is 2.10. The molecule has 4 rings (SSSR count). The molecule has 3 heterocycles. The number of pyridine rings is 1. The average molecular weight is 295 g/mol. The predicted octanol–water partition coefficient (Wildman–Crippen LogP) is 3.34. The summed E-state index contributed by atoms with van der Waals surface area (Å²) >= 11 is 0. The Morgan fingerprint density at radius 3 is 2.91 bits per heavy atom. The van der Waals surface area contributed by atoms with E-state index >= 15 is 0 Å². The topological polar surface area (TPSA) is 59.2 Å². The fourth-order valence-corrected chi connectivity index (χ4v) is 2.54. The molecule has 0 aliphatic carbocycles. The van der Waals surface area contributed by atoms with Gasteiger partial charge in [-0.15, -0.1) is 0 Å². The third kappa shape index (κ3) is 2.57. The fourth-order valence-electron chi connectivity index (χ4n) is 2.54. The number of anilines is 1. The third-order valence-corrected chi connectivity index (χ3v) is 3.69. The number of rotatable bonds is 3. The number of benzene rings is 1. The number of hydrogen-bond donors (Lipinski definition) is 2. The van der Waals surface area contributed by atoms with Crippen LogP contribution in [-0.4, -0.2) is 23.2 Å². The number of aromatic nitrogens is 2. The fraction of sp³-hybridized carbons (Fsp3) is 0.235. The normalized spacial score (nSPS) is 13.8. The van der Waals surface area contributed by atoms with Crippen molar-refractivity contribution >= 4 is 16.9 Å². The molecule has 0 spiro atoms. The second kappa shape index (κ2) is 5.60. The molecule has 0 amide bonds. The summed E-state index contributed by atoms with van der Waals surface area (Å²) in [7, 11) is 0. The molecule has 112 valence electrons. The Bertz CT molecular complexity index is 797. The van der Waals surface area contributed by atoms with Crippen molar-refractivity contribution in [2.45, 2.75) is 13.0 Å². The van der Waals surface area contributed by atoms with E-state index in [1.54, 1.807) is 0 Å². The molecule has 0 saturated carbocycles. The van der Waals surface area contributed by atoms with Crippen LogP contribution in [0.5, 0.6) is 11.5 Å². The zero-order valence-electron chi connectivity index (χ0n) is 12.1. The molecule has 0 bridgehead atoms. The molecule has 5 heteroatoms. The van der Waals surface area contributed by atoms with Crippen molar-refractivity contribution in [2.24, 2.45) is 0 Å². The van der Waals surface area contributed by atoms with Crippen LogP contribution in [0.4, 0.5) is 5.82 Å². The van der Waals surface area contributed by atoms with Crippen molar-refractivity contribution in [3.63, 3.8) is 0 Å². The first-order valence-electron chi connectivity index (χ1n) is 7.45. The Morgan fingerprint density at radius 1 is 1.05 bits per heavy atom. The third-order valence-electron chi connectivity index (χ3n) is 3.69. The molecule has 0 unspecified atom stereocenters. The zero-order chi connectivity index (χ0) is 14.8. The molecular formula is C17H17N3O2. The highest BCUT2D eigenvalue weighted by Crippen LogP contribution is 2.30. The monoisotopic (exact) mass is 295 g/mol. The van der Waals surface area contributed by atoms with Crippen LogP contribution in [0.1, 0.15) is 12.0 Å². The Kier molecular flexibility index (Phi) is 3.31. The highest BCUT2D eigenvalue weighted by molar-refractivity contribution is 5.77. The van der Waals surface area contributed by atoms with Crippen LogP contribution in [0.3, 0.4) is 0 Å². The first-order chi connectivity index (χ1) is 10.9. The van der Waals surface area contributed by atoms with Crippen molar-refractivity contribution in [1.82, 2.24) is 9.97 Å². The number of H-pyrrole nitrogens is 1. The van der Waals surface area contributed by atoms with Gasteiger partial charge in [-0.05, 0) is 35.9 Å². The maximum Gasteiger partial charge on any atom is 0.161 e. The van der Waals surface area contributed by atoms with E-state index in [4.69, 9.17) is 9.47 Å². The smallest absolute Gasteiger partial charge is 0.161 e. The molecule has 0 radical (unpaired) electrons. The van der Waals surface area contributed by atoms with E-state index in [-0.39, 0.29) is 0 Å². The van der Waals surface area contributed by atoms with E-state index in [9.17, 15) is 0 Å². The summed E-state index contributed by atoms with van der Waals surface area (Å²) in [6, 6.07) is 12.1. The van der Waals surface area contributed by atoms with Crippen molar-refractivity contribution in [3.05, 3.63) is 48.2 Å². The second-order valence-electron chi connectivity index (χ2n) is 5.30. The molecule has 1 aliphatic heterocycles. The lowest BCUT2D eigenvalue weighted by Crippen LogP contribution is -2.02. The molecule has 1 aromatic carbocycles. The van der Waals surface area contributed by atoms with Crippen molar-refractivity contribution < 1.29 is 9.47 Å². The van der Waals surface area contributed by atoms with Crippen LogP contribution in [-0.2, 0) is 6.54 Å². The minimum absolute atomic E-state index is 0.690. The highest BCUT2D eigenvalue weighted by atomic mass is 16.5. The summed E-state index contributed by atoms with van der Waals surface area (Å²) in [5.41, 5.74) is 2.03. The van der Waals surface area contributed by atoms with Gasteiger partial charge in [0.15, 0.2) is 11.5 Å². The molecule has 0 fully saturated rings. The lowest BCUT2D eigenvalue weighted by Gasteiger charge is -2.10. The van der Waals surface area contributed by atoms with Gasteiger partial charge in [0.2, 0.25) is 0 Å². The number of fused-ring (bicyclic) bond motifs is 2. The Balaban J connectivity index is 1.50. The number of hydrogen-bond acceptors (Lipinski definition) is 4. The van der Waals surface area contributed by atoms with Crippen LogP contribution in [0.25, 0.3) is 11.0 Å². The summed E-state index contributed by atoms with van der Waals surface area (Å²) in [5.74, 6) is 2.50. The summed E-state index contributed by atoms with van der Waals surface area (Å²) in [6.07, 6.45) is 2.81. The lowest BCUT2D eigenvalue weighted by molar-refractivity contribution is 0.297. The van der Waals surface area contributed by atoms with Crippen molar-refractivity contribution in [2.75, 3.05) is 18.5 Å². The molecule has 2 N–H and O–H groups in total. The quantitative estimate of drug-likeness (QED) is 0.778. The van der Waals surface area contributed by atoms with Gasteiger partial charge in [0.25, 0.3) is 0 Å². The molecular weight excluding hydrogens is 278 g/mol. The van der Waals surface area contributed by atoms with Gasteiger partial charge in [-0.25, -0.2) is 4.98 Å². The summed E-state index contributed by atoms with van der Waals surface area (Å²) in [5, 5.41) is 4.45. The molecule has 3 aromatic rings. The molecule has 5 nitrogen and oxygen atoms in total. The maximum atomic E-state index is 5.71. The van der Waals surface area contributed by atoms with Gasteiger partial charge < -0.3 is 19.8 Å². The molecule has 0 saturated heterocycles. The molecule has 22 heavy (non-hydrogen) atoms. The summed E-state index contributed by atoms with van der Waals surface area (Å²) in [6.45, 7) is 2.11. The van der Waals surface area contributed by atoms with E-state index in [1.165, 1.54) is 0 Å². The Morgan fingerprint density at radius 2 is 1.95 bits per heavy atom. The minimum atomic E-state index is 0.690. The van der Waals surface area contributed by atoms with Gasteiger partial charge in [-0.3, -0.25) is 0 Å². The average Bonchev–Trinajstić information content (AvgIpc) is 2.89. The number of aromatic amines is 1. The van der Waals surface area contributed by atoms with Crippen LogP contribution in [0, 0.1) is 0 Å². The van der Waals surface area contributed by atoms with Crippen LogP contribution in [0.2, 0.25) is 0 Å². The van der Waals surface area contributed by atoms with Gasteiger partial charge in [-0.2, -0.15) is 0 Å². The van der Waals surface area contributed by atoms with Gasteiger partial charge in [-0.1, -0.05) is 6.07 Å². The van der Waals surface area contributed by atoms with E-state index in [2.05, 4.69) is 21.4 Å². The first kappa shape index (κ1) is 13.0. The van der Waals surface area contributed by atoms with Crippen molar-refractivity contribution in [3.8, 4) is 11.5 Å². The van der Waals surface area contributed by atoms with Crippen LogP contribution < -0.4 is 14.8 Å². The maximum absolute atomic E-state index is 5.71. The minimum Gasteiger partial charge on any atom is -0.490 e. The zero-order valence-corrected chi connectivity index (χ0v) is 12.1. The van der Waals surface area contributed by atoms with Crippen LogP contribution >= 0.6 is 0 Å². The number of ether oxygens (including phenoxy) is 2. The van der Waals surface area contributed by atoms with Gasteiger partial charge in [0.1, 0.15) is 11.5 Å².